The van der Waals surface area contributed by atoms with E-state index in [1.54, 1.807) is 6.08 Å². The number of carbonyl (C=O) groups excluding carboxylic acids is 1. The quantitative estimate of drug-likeness (QED) is 0.726. The fourth-order valence-electron chi connectivity index (χ4n) is 1.96. The van der Waals surface area contributed by atoms with Gasteiger partial charge in [0.1, 0.15) is 12.2 Å². The predicted molar refractivity (Wildman–Crippen MR) is 59.0 cm³/mol. The van der Waals surface area contributed by atoms with Crippen LogP contribution in [0.25, 0.3) is 0 Å². The molecule has 0 aromatic heterocycles. The van der Waals surface area contributed by atoms with Crippen molar-refractivity contribution in [1.82, 2.24) is 0 Å². The highest BCUT2D eigenvalue weighted by molar-refractivity contribution is 5.84. The fourth-order valence-corrected chi connectivity index (χ4v) is 1.96. The molecule has 0 spiro atoms. The van der Waals surface area contributed by atoms with E-state index in [2.05, 4.69) is 0 Å². The molecule has 1 aromatic carbocycles. The Labute approximate surface area is 98.8 Å². The van der Waals surface area contributed by atoms with E-state index in [9.17, 15) is 4.79 Å². The van der Waals surface area contributed by atoms with E-state index in [-0.39, 0.29) is 24.5 Å². The maximum Gasteiger partial charge on any atom is 0.331 e. The summed E-state index contributed by atoms with van der Waals surface area (Å²) in [6.45, 7) is 0.432. The van der Waals surface area contributed by atoms with E-state index in [0.717, 1.165) is 5.56 Å². The molecular weight excluding hydrogens is 220 g/mol. The van der Waals surface area contributed by atoms with Crippen LogP contribution in [0, 0.1) is 0 Å². The van der Waals surface area contributed by atoms with Gasteiger partial charge in [-0.15, -0.1) is 0 Å². The molecule has 0 radical (unpaired) electrons. The van der Waals surface area contributed by atoms with Crippen molar-refractivity contribution in [2.45, 2.75) is 18.5 Å². The maximum absolute atomic E-state index is 11.0. The molecule has 2 heterocycles. The first kappa shape index (κ1) is 10.5. The number of esters is 1. The summed E-state index contributed by atoms with van der Waals surface area (Å²) in [5.41, 5.74) is 0.975. The van der Waals surface area contributed by atoms with E-state index in [1.807, 2.05) is 30.3 Å². The molecule has 3 atom stereocenters. The van der Waals surface area contributed by atoms with E-state index in [0.29, 0.717) is 6.61 Å². The Kier molecular flexibility index (Phi) is 2.66. The number of rotatable bonds is 2. The summed E-state index contributed by atoms with van der Waals surface area (Å²) in [5, 5.41) is 0. The van der Waals surface area contributed by atoms with Gasteiger partial charge in [0.05, 0.1) is 6.61 Å². The Bertz CT molecular complexity index is 440. The molecule has 0 amide bonds. The van der Waals surface area contributed by atoms with Crippen molar-refractivity contribution < 1.29 is 19.0 Å². The maximum atomic E-state index is 11.0. The van der Waals surface area contributed by atoms with Crippen LogP contribution in [0.1, 0.15) is 11.9 Å². The smallest absolute Gasteiger partial charge is 0.331 e. The van der Waals surface area contributed by atoms with Crippen LogP contribution in [0.4, 0.5) is 0 Å². The predicted octanol–water partition coefficient (Wildman–Crippen LogP) is 1.58. The summed E-state index contributed by atoms with van der Waals surface area (Å²) < 4.78 is 16.4. The van der Waals surface area contributed by atoms with Crippen LogP contribution < -0.4 is 0 Å². The highest BCUT2D eigenvalue weighted by Crippen LogP contribution is 2.30. The molecule has 2 aliphatic rings. The van der Waals surface area contributed by atoms with Gasteiger partial charge in [-0.3, -0.25) is 0 Å². The number of ether oxygens (including phenoxy) is 3. The van der Waals surface area contributed by atoms with Gasteiger partial charge < -0.3 is 14.2 Å². The lowest BCUT2D eigenvalue weighted by Crippen LogP contribution is -2.27. The molecule has 1 saturated heterocycles. The molecule has 0 unspecified atom stereocenters. The lowest BCUT2D eigenvalue weighted by molar-refractivity contribution is -0.145. The molecule has 4 nitrogen and oxygen atoms in total. The van der Waals surface area contributed by atoms with Crippen LogP contribution in [-0.2, 0) is 19.0 Å². The van der Waals surface area contributed by atoms with Gasteiger partial charge in [-0.05, 0) is 6.08 Å². The Morgan fingerprint density at radius 1 is 1.18 bits per heavy atom. The molecular formula is C13H12O4. The van der Waals surface area contributed by atoms with E-state index < -0.39 is 0 Å². The van der Waals surface area contributed by atoms with E-state index in [4.69, 9.17) is 14.2 Å². The summed E-state index contributed by atoms with van der Waals surface area (Å²) in [5.74, 6) is -0.318. The second kappa shape index (κ2) is 4.31. The standard InChI is InChI=1S/C13H12O4/c14-12-7-6-10(16-12)11-8-15-13(17-11)9-4-2-1-3-5-9/h1-7,10-11,13H,8H2/t10-,11-,13-/m0/s1. The zero-order chi connectivity index (χ0) is 11.7. The third-order valence-electron chi connectivity index (χ3n) is 2.82. The van der Waals surface area contributed by atoms with Gasteiger partial charge >= 0.3 is 5.97 Å². The van der Waals surface area contributed by atoms with Crippen LogP contribution in [0.2, 0.25) is 0 Å². The van der Waals surface area contributed by atoms with Crippen molar-refractivity contribution in [3.05, 3.63) is 48.0 Å². The molecule has 0 aliphatic carbocycles. The summed E-state index contributed by atoms with van der Waals surface area (Å²) >= 11 is 0. The van der Waals surface area contributed by atoms with E-state index >= 15 is 0 Å². The van der Waals surface area contributed by atoms with Gasteiger partial charge in [0.2, 0.25) is 0 Å². The van der Waals surface area contributed by atoms with Crippen molar-refractivity contribution in [3.8, 4) is 0 Å². The Morgan fingerprint density at radius 2 is 2.00 bits per heavy atom. The van der Waals surface area contributed by atoms with Gasteiger partial charge in [-0.1, -0.05) is 30.3 Å². The van der Waals surface area contributed by atoms with Crippen molar-refractivity contribution in [2.24, 2.45) is 0 Å². The molecule has 0 bridgehead atoms. The van der Waals surface area contributed by atoms with E-state index in [1.165, 1.54) is 6.08 Å². The van der Waals surface area contributed by atoms with Crippen molar-refractivity contribution in [3.63, 3.8) is 0 Å². The number of carbonyl (C=O) groups is 1. The molecule has 1 fully saturated rings. The first-order valence-corrected chi connectivity index (χ1v) is 5.54. The Balaban J connectivity index is 1.66. The fraction of sp³-hybridized carbons (Fsp3) is 0.308. The molecule has 0 N–H and O–H groups in total. The monoisotopic (exact) mass is 232 g/mol. The highest BCUT2D eigenvalue weighted by atomic mass is 16.7. The molecule has 2 aliphatic heterocycles. The molecule has 88 valence electrons. The highest BCUT2D eigenvalue weighted by Gasteiger charge is 2.35. The number of benzene rings is 1. The lowest BCUT2D eigenvalue weighted by Gasteiger charge is -2.15. The summed E-state index contributed by atoms with van der Waals surface area (Å²) in [4.78, 5) is 11.0. The third kappa shape index (κ3) is 2.09. The summed E-state index contributed by atoms with van der Waals surface area (Å²) in [6, 6.07) is 9.71. The van der Waals surface area contributed by atoms with Gasteiger partial charge in [-0.25, -0.2) is 4.79 Å². The van der Waals surface area contributed by atoms with Gasteiger partial charge in [0, 0.05) is 11.6 Å². The zero-order valence-electron chi connectivity index (χ0n) is 9.11. The number of hydrogen-bond donors (Lipinski definition) is 0. The van der Waals surface area contributed by atoms with Crippen molar-refractivity contribution >= 4 is 5.97 Å². The number of cyclic esters (lactones) is 1. The second-order valence-corrected chi connectivity index (χ2v) is 4.01. The zero-order valence-corrected chi connectivity index (χ0v) is 9.11. The molecule has 0 saturated carbocycles. The van der Waals surface area contributed by atoms with Crippen LogP contribution >= 0.6 is 0 Å². The van der Waals surface area contributed by atoms with Gasteiger partial charge in [-0.2, -0.15) is 0 Å². The van der Waals surface area contributed by atoms with Crippen LogP contribution in [0.15, 0.2) is 42.5 Å². The van der Waals surface area contributed by atoms with Crippen LogP contribution in [-0.4, -0.2) is 24.8 Å². The van der Waals surface area contributed by atoms with Crippen LogP contribution in [0.5, 0.6) is 0 Å². The minimum absolute atomic E-state index is 0.220. The van der Waals surface area contributed by atoms with Crippen molar-refractivity contribution in [2.75, 3.05) is 6.61 Å². The average Bonchev–Trinajstić information content (AvgIpc) is 2.98. The minimum atomic E-state index is -0.367. The molecule has 17 heavy (non-hydrogen) atoms. The van der Waals surface area contributed by atoms with Gasteiger partial charge in [0.15, 0.2) is 6.29 Å². The molecule has 1 aromatic rings. The Morgan fingerprint density at radius 3 is 2.71 bits per heavy atom. The van der Waals surface area contributed by atoms with Crippen LogP contribution in [0.3, 0.4) is 0 Å². The number of hydrogen-bond acceptors (Lipinski definition) is 4. The third-order valence-corrected chi connectivity index (χ3v) is 2.82. The summed E-state index contributed by atoms with van der Waals surface area (Å²) in [6.07, 6.45) is 2.22. The van der Waals surface area contributed by atoms with Gasteiger partial charge in [0.25, 0.3) is 0 Å². The largest absolute Gasteiger partial charge is 0.452 e. The second-order valence-electron chi connectivity index (χ2n) is 4.01. The molecule has 4 heteroatoms. The lowest BCUT2D eigenvalue weighted by atomic mass is 10.2. The average molecular weight is 232 g/mol. The first-order valence-electron chi connectivity index (χ1n) is 5.54. The topological polar surface area (TPSA) is 44.8 Å². The summed E-state index contributed by atoms with van der Waals surface area (Å²) in [7, 11) is 0. The minimum Gasteiger partial charge on any atom is -0.452 e. The normalized spacial score (nSPS) is 31.8. The first-order chi connectivity index (χ1) is 8.33. The van der Waals surface area contributed by atoms with Crippen molar-refractivity contribution in [1.29, 1.82) is 0 Å². The Hall–Kier alpha value is -1.65. The SMILES string of the molecule is O=C1C=C[C@@H]([C@@H]2CO[C@H](c3ccccc3)O2)O1. The molecule has 3 rings (SSSR count).